The normalized spacial score (nSPS) is 15.7. The van der Waals surface area contributed by atoms with Crippen LogP contribution >= 0.6 is 0 Å². The van der Waals surface area contributed by atoms with E-state index in [0.29, 0.717) is 43.7 Å². The van der Waals surface area contributed by atoms with Gasteiger partial charge in [-0.2, -0.15) is 0 Å². The van der Waals surface area contributed by atoms with Gasteiger partial charge in [0, 0.05) is 31.1 Å². The lowest BCUT2D eigenvalue weighted by atomic mass is 9.88. The van der Waals surface area contributed by atoms with Crippen molar-refractivity contribution in [2.75, 3.05) is 20.2 Å². The highest BCUT2D eigenvalue weighted by atomic mass is 16.5. The van der Waals surface area contributed by atoms with Gasteiger partial charge in [-0.25, -0.2) is 0 Å². The molecule has 1 fully saturated rings. The number of hydrogen-bond donors (Lipinski definition) is 2. The van der Waals surface area contributed by atoms with Gasteiger partial charge in [-0.15, -0.1) is 0 Å². The zero-order valence-corrected chi connectivity index (χ0v) is 21.0. The fourth-order valence-corrected chi connectivity index (χ4v) is 4.34. The molecule has 0 bridgehead atoms. The van der Waals surface area contributed by atoms with Gasteiger partial charge in [0.1, 0.15) is 11.8 Å². The molecule has 0 spiro atoms. The zero-order chi connectivity index (χ0) is 25.2. The van der Waals surface area contributed by atoms with Crippen LogP contribution in [0, 0.1) is 5.92 Å². The first-order valence-corrected chi connectivity index (χ1v) is 12.5. The minimum Gasteiger partial charge on any atom is -0.497 e. The first kappa shape index (κ1) is 26.3. The summed E-state index contributed by atoms with van der Waals surface area (Å²) in [7, 11) is 1.57. The molecule has 0 radical (unpaired) electrons. The van der Waals surface area contributed by atoms with Crippen LogP contribution in [0.25, 0.3) is 0 Å². The van der Waals surface area contributed by atoms with Crippen molar-refractivity contribution in [3.63, 3.8) is 0 Å². The van der Waals surface area contributed by atoms with Crippen LogP contribution in [0.2, 0.25) is 0 Å². The van der Waals surface area contributed by atoms with Gasteiger partial charge in [-0.1, -0.05) is 37.3 Å². The van der Waals surface area contributed by atoms with Crippen LogP contribution in [0.5, 0.6) is 5.75 Å². The fraction of sp³-hybridized carbons (Fsp3) is 0.464. The number of nitrogens with one attached hydrogen (secondary N) is 2. The molecule has 2 aromatic rings. The second kappa shape index (κ2) is 12.9. The molecule has 7 nitrogen and oxygen atoms in total. The average molecular weight is 480 g/mol. The molecule has 2 aromatic carbocycles. The second-order valence-electron chi connectivity index (χ2n) is 9.20. The van der Waals surface area contributed by atoms with Crippen molar-refractivity contribution in [1.29, 1.82) is 0 Å². The number of methoxy groups -OCH3 is 1. The summed E-state index contributed by atoms with van der Waals surface area (Å²) in [4.78, 5) is 40.7. The Labute approximate surface area is 208 Å². The Bertz CT molecular complexity index is 969. The summed E-state index contributed by atoms with van der Waals surface area (Å²) < 4.78 is 5.16. The van der Waals surface area contributed by atoms with Gasteiger partial charge in [0.15, 0.2) is 0 Å². The first-order chi connectivity index (χ1) is 16.9. The highest BCUT2D eigenvalue weighted by Gasteiger charge is 2.34. The van der Waals surface area contributed by atoms with Crippen LogP contribution in [-0.2, 0) is 16.0 Å². The molecule has 3 rings (SSSR count). The number of carbonyl (C=O) groups is 3. The van der Waals surface area contributed by atoms with Crippen molar-refractivity contribution in [2.24, 2.45) is 5.92 Å². The van der Waals surface area contributed by atoms with Crippen molar-refractivity contribution >= 4 is 17.7 Å². The molecule has 0 aliphatic carbocycles. The van der Waals surface area contributed by atoms with Crippen LogP contribution in [-0.4, -0.2) is 54.9 Å². The van der Waals surface area contributed by atoms with E-state index in [4.69, 9.17) is 4.74 Å². The van der Waals surface area contributed by atoms with Crippen LogP contribution in [0.15, 0.2) is 54.6 Å². The summed E-state index contributed by atoms with van der Waals surface area (Å²) in [6, 6.07) is 16.2. The molecular weight excluding hydrogens is 442 g/mol. The number of rotatable bonds is 10. The van der Waals surface area contributed by atoms with Crippen molar-refractivity contribution in [3.8, 4) is 5.75 Å². The van der Waals surface area contributed by atoms with E-state index in [-0.39, 0.29) is 29.7 Å². The van der Waals surface area contributed by atoms with Gasteiger partial charge in [0.25, 0.3) is 5.91 Å². The number of nitrogens with zero attached hydrogens (tertiary/aromatic N) is 1. The SMILES string of the molecule is CCC(C)NC(=O)C(NC(=O)c1ccc(OC)cc1)C1CCN(C(=O)CCc2ccccc2)CC1. The zero-order valence-electron chi connectivity index (χ0n) is 21.0. The number of hydrogen-bond acceptors (Lipinski definition) is 4. The number of aryl methyl sites for hydroxylation is 1. The number of piperidine rings is 1. The maximum absolute atomic E-state index is 13.1. The average Bonchev–Trinajstić information content (AvgIpc) is 2.90. The Morgan fingerprint density at radius 1 is 1.00 bits per heavy atom. The molecule has 188 valence electrons. The lowest BCUT2D eigenvalue weighted by Crippen LogP contribution is -2.55. The summed E-state index contributed by atoms with van der Waals surface area (Å²) in [6.07, 6.45) is 3.33. The molecule has 7 heteroatoms. The quantitative estimate of drug-likeness (QED) is 0.545. The fourth-order valence-electron chi connectivity index (χ4n) is 4.34. The third kappa shape index (κ3) is 7.57. The molecule has 1 heterocycles. The summed E-state index contributed by atoms with van der Waals surface area (Å²) >= 11 is 0. The van der Waals surface area contributed by atoms with E-state index in [1.54, 1.807) is 31.4 Å². The van der Waals surface area contributed by atoms with Gasteiger partial charge < -0.3 is 20.3 Å². The van der Waals surface area contributed by atoms with Crippen LogP contribution in [0.3, 0.4) is 0 Å². The van der Waals surface area contributed by atoms with Crippen LogP contribution in [0.1, 0.15) is 55.5 Å². The molecular formula is C28H37N3O4. The second-order valence-corrected chi connectivity index (χ2v) is 9.20. The smallest absolute Gasteiger partial charge is 0.251 e. The standard InChI is InChI=1S/C28H37N3O4/c1-4-20(2)29-28(34)26(30-27(33)23-11-13-24(35-3)14-12-23)22-16-18-31(19-17-22)25(32)15-10-21-8-6-5-7-9-21/h5-9,11-14,20,22,26H,4,10,15-19H2,1-3H3,(H,29,34)(H,30,33). The topological polar surface area (TPSA) is 87.7 Å². The molecule has 2 unspecified atom stereocenters. The Kier molecular flexibility index (Phi) is 9.70. The number of benzene rings is 2. The Morgan fingerprint density at radius 2 is 1.66 bits per heavy atom. The Balaban J connectivity index is 1.61. The van der Waals surface area contributed by atoms with Gasteiger partial charge in [0.05, 0.1) is 7.11 Å². The molecule has 1 aliphatic heterocycles. The maximum atomic E-state index is 13.1. The summed E-state index contributed by atoms with van der Waals surface area (Å²) in [6.45, 7) is 5.14. The van der Waals surface area contributed by atoms with E-state index in [0.717, 1.165) is 18.4 Å². The predicted octanol–water partition coefficient (Wildman–Crippen LogP) is 3.58. The van der Waals surface area contributed by atoms with E-state index in [9.17, 15) is 14.4 Å². The van der Waals surface area contributed by atoms with E-state index in [1.807, 2.05) is 49.1 Å². The molecule has 1 aliphatic rings. The summed E-state index contributed by atoms with van der Waals surface area (Å²) in [5.74, 6) is 0.292. The van der Waals surface area contributed by atoms with Gasteiger partial charge in [0.2, 0.25) is 11.8 Å². The van der Waals surface area contributed by atoms with Gasteiger partial charge in [-0.3, -0.25) is 14.4 Å². The third-order valence-corrected chi connectivity index (χ3v) is 6.76. The first-order valence-electron chi connectivity index (χ1n) is 12.5. The highest BCUT2D eigenvalue weighted by molar-refractivity contribution is 5.97. The molecule has 0 aromatic heterocycles. The lowest BCUT2D eigenvalue weighted by Gasteiger charge is -2.36. The van der Waals surface area contributed by atoms with Gasteiger partial charge >= 0.3 is 0 Å². The van der Waals surface area contributed by atoms with Crippen LogP contribution < -0.4 is 15.4 Å². The summed E-state index contributed by atoms with van der Waals surface area (Å²) in [5, 5.41) is 5.99. The van der Waals surface area contributed by atoms with E-state index < -0.39 is 6.04 Å². The molecule has 3 amide bonds. The maximum Gasteiger partial charge on any atom is 0.251 e. The van der Waals surface area contributed by atoms with Crippen molar-refractivity contribution < 1.29 is 19.1 Å². The van der Waals surface area contributed by atoms with E-state index in [2.05, 4.69) is 10.6 Å². The minimum absolute atomic E-state index is 0.0162. The van der Waals surface area contributed by atoms with E-state index in [1.165, 1.54) is 0 Å². The third-order valence-electron chi connectivity index (χ3n) is 6.76. The van der Waals surface area contributed by atoms with Crippen molar-refractivity contribution in [2.45, 2.75) is 58.0 Å². The monoisotopic (exact) mass is 479 g/mol. The largest absolute Gasteiger partial charge is 0.497 e. The molecule has 2 N–H and O–H groups in total. The molecule has 2 atom stereocenters. The number of ether oxygens (including phenoxy) is 1. The summed E-state index contributed by atoms with van der Waals surface area (Å²) in [5.41, 5.74) is 1.62. The van der Waals surface area contributed by atoms with Crippen molar-refractivity contribution in [3.05, 3.63) is 65.7 Å². The lowest BCUT2D eigenvalue weighted by molar-refractivity contribution is -0.133. The molecule has 1 saturated heterocycles. The number of amides is 3. The number of carbonyl (C=O) groups excluding carboxylic acids is 3. The Morgan fingerprint density at radius 3 is 2.26 bits per heavy atom. The van der Waals surface area contributed by atoms with Crippen molar-refractivity contribution in [1.82, 2.24) is 15.5 Å². The predicted molar refractivity (Wildman–Crippen MR) is 136 cm³/mol. The van der Waals surface area contributed by atoms with Crippen LogP contribution in [0.4, 0.5) is 0 Å². The Hall–Kier alpha value is -3.35. The number of likely N-dealkylation sites (tertiary alicyclic amines) is 1. The van der Waals surface area contributed by atoms with E-state index >= 15 is 0 Å². The molecule has 0 saturated carbocycles. The van der Waals surface area contributed by atoms with Gasteiger partial charge in [-0.05, 0) is 68.4 Å². The molecule has 35 heavy (non-hydrogen) atoms. The highest BCUT2D eigenvalue weighted by Crippen LogP contribution is 2.23. The minimum atomic E-state index is -0.653.